The van der Waals surface area contributed by atoms with Crippen molar-refractivity contribution >= 4 is 11.8 Å². The van der Waals surface area contributed by atoms with Gasteiger partial charge in [-0.15, -0.1) is 0 Å². The molecule has 0 aliphatic heterocycles. The third-order valence-electron chi connectivity index (χ3n) is 3.40. The summed E-state index contributed by atoms with van der Waals surface area (Å²) < 4.78 is 1.98. The van der Waals surface area contributed by atoms with Gasteiger partial charge in [0.15, 0.2) is 0 Å². The largest absolute Gasteiger partial charge is 0.316 e. The van der Waals surface area contributed by atoms with Gasteiger partial charge in [0.2, 0.25) is 0 Å². The van der Waals surface area contributed by atoms with Crippen LogP contribution in [0, 0.1) is 6.92 Å². The first kappa shape index (κ1) is 15.1. The zero-order valence-corrected chi connectivity index (χ0v) is 13.7. The summed E-state index contributed by atoms with van der Waals surface area (Å²) >= 11 is 1.78. The summed E-state index contributed by atoms with van der Waals surface area (Å²) in [5, 5.41) is 8.97. The third kappa shape index (κ3) is 3.25. The predicted molar refractivity (Wildman–Crippen MR) is 85.4 cm³/mol. The van der Waals surface area contributed by atoms with Crippen LogP contribution in [0.15, 0.2) is 34.2 Å². The van der Waals surface area contributed by atoms with Crippen LogP contribution in [-0.2, 0) is 13.6 Å². The van der Waals surface area contributed by atoms with Crippen LogP contribution in [0.5, 0.6) is 0 Å². The number of benzene rings is 1. The maximum Gasteiger partial charge on any atom is 0.103 e. The van der Waals surface area contributed by atoms with Gasteiger partial charge in [0.05, 0.1) is 5.69 Å². The van der Waals surface area contributed by atoms with E-state index < -0.39 is 0 Å². The molecule has 0 aliphatic carbocycles. The first-order chi connectivity index (χ1) is 9.52. The molecule has 108 valence electrons. The predicted octanol–water partition coefficient (Wildman–Crippen LogP) is 3.72. The highest BCUT2D eigenvalue weighted by Crippen LogP contribution is 2.32. The van der Waals surface area contributed by atoms with Gasteiger partial charge in [-0.05, 0) is 37.6 Å². The standard InChI is InChI=1S/C16H23N3S/c1-11(2)13-6-8-14(9-7-13)20-16-15(10-17-4)12(3)18-19(16)5/h6-9,11,17H,10H2,1-5H3. The molecule has 0 saturated heterocycles. The van der Waals surface area contributed by atoms with E-state index in [1.165, 1.54) is 21.0 Å². The van der Waals surface area contributed by atoms with Crippen LogP contribution in [0.25, 0.3) is 0 Å². The maximum atomic E-state index is 4.53. The van der Waals surface area contributed by atoms with Crippen molar-refractivity contribution in [1.82, 2.24) is 15.1 Å². The number of nitrogens with zero attached hydrogens (tertiary/aromatic N) is 2. The van der Waals surface area contributed by atoms with E-state index in [0.717, 1.165) is 12.2 Å². The van der Waals surface area contributed by atoms with Crippen LogP contribution < -0.4 is 5.32 Å². The summed E-state index contributed by atoms with van der Waals surface area (Å²) in [7, 11) is 3.98. The Morgan fingerprint density at radius 2 is 1.90 bits per heavy atom. The number of nitrogens with one attached hydrogen (secondary N) is 1. The third-order valence-corrected chi connectivity index (χ3v) is 4.62. The molecule has 2 rings (SSSR count). The fraction of sp³-hybridized carbons (Fsp3) is 0.438. The molecule has 0 spiro atoms. The molecule has 0 saturated carbocycles. The minimum atomic E-state index is 0.577. The van der Waals surface area contributed by atoms with Gasteiger partial charge in [-0.3, -0.25) is 4.68 Å². The molecular formula is C16H23N3S. The normalized spacial score (nSPS) is 11.3. The van der Waals surface area contributed by atoms with Crippen molar-refractivity contribution in [2.45, 2.75) is 43.2 Å². The van der Waals surface area contributed by atoms with Crippen LogP contribution in [0.1, 0.15) is 36.6 Å². The van der Waals surface area contributed by atoms with Gasteiger partial charge in [0.1, 0.15) is 5.03 Å². The van der Waals surface area contributed by atoms with Gasteiger partial charge < -0.3 is 5.32 Å². The van der Waals surface area contributed by atoms with Crippen molar-refractivity contribution in [1.29, 1.82) is 0 Å². The van der Waals surface area contributed by atoms with Gasteiger partial charge in [0.25, 0.3) is 0 Å². The minimum Gasteiger partial charge on any atom is -0.316 e. The molecule has 0 unspecified atom stereocenters. The SMILES string of the molecule is CNCc1c(C)nn(C)c1Sc1ccc(C(C)C)cc1. The molecule has 4 heteroatoms. The summed E-state index contributed by atoms with van der Waals surface area (Å²) in [5.74, 6) is 0.577. The summed E-state index contributed by atoms with van der Waals surface area (Å²) in [6, 6.07) is 8.83. The van der Waals surface area contributed by atoms with Crippen molar-refractivity contribution in [2.75, 3.05) is 7.05 Å². The number of hydrogen-bond donors (Lipinski definition) is 1. The average Bonchev–Trinajstić information content (AvgIpc) is 2.67. The van der Waals surface area contributed by atoms with E-state index in [1.807, 2.05) is 18.8 Å². The topological polar surface area (TPSA) is 29.9 Å². The Morgan fingerprint density at radius 1 is 1.25 bits per heavy atom. The summed E-state index contributed by atoms with van der Waals surface area (Å²) in [4.78, 5) is 1.26. The number of aryl methyl sites for hydroxylation is 2. The Balaban J connectivity index is 2.25. The van der Waals surface area contributed by atoms with Crippen LogP contribution in [0.2, 0.25) is 0 Å². The summed E-state index contributed by atoms with van der Waals surface area (Å²) in [6.45, 7) is 7.36. The first-order valence-corrected chi connectivity index (χ1v) is 7.79. The molecule has 3 nitrogen and oxygen atoms in total. The van der Waals surface area contributed by atoms with E-state index in [1.54, 1.807) is 11.8 Å². The molecule has 1 N–H and O–H groups in total. The van der Waals surface area contributed by atoms with Crippen LogP contribution >= 0.6 is 11.8 Å². The molecule has 0 radical (unpaired) electrons. The molecule has 0 bridgehead atoms. The van der Waals surface area contributed by atoms with Crippen LogP contribution in [-0.4, -0.2) is 16.8 Å². The van der Waals surface area contributed by atoms with Crippen molar-refractivity contribution < 1.29 is 0 Å². The van der Waals surface area contributed by atoms with Crippen molar-refractivity contribution in [3.8, 4) is 0 Å². The highest BCUT2D eigenvalue weighted by Gasteiger charge is 2.13. The quantitative estimate of drug-likeness (QED) is 0.909. The lowest BCUT2D eigenvalue weighted by Gasteiger charge is -2.08. The zero-order chi connectivity index (χ0) is 14.7. The fourth-order valence-corrected chi connectivity index (χ4v) is 3.23. The van der Waals surface area contributed by atoms with Gasteiger partial charge >= 0.3 is 0 Å². The maximum absolute atomic E-state index is 4.53. The fourth-order valence-electron chi connectivity index (χ4n) is 2.22. The van der Waals surface area contributed by atoms with Gasteiger partial charge in [-0.2, -0.15) is 5.10 Å². The Kier molecular flexibility index (Phi) is 4.89. The molecule has 0 fully saturated rings. The molecule has 2 aromatic rings. The molecule has 1 heterocycles. The number of aromatic nitrogens is 2. The van der Waals surface area contributed by atoms with Crippen molar-refractivity contribution in [3.05, 3.63) is 41.1 Å². The van der Waals surface area contributed by atoms with Crippen molar-refractivity contribution in [2.24, 2.45) is 7.05 Å². The highest BCUT2D eigenvalue weighted by molar-refractivity contribution is 7.99. The highest BCUT2D eigenvalue weighted by atomic mass is 32.2. The van der Waals surface area contributed by atoms with Gasteiger partial charge in [-0.1, -0.05) is 37.7 Å². The second kappa shape index (κ2) is 6.46. The summed E-state index contributed by atoms with van der Waals surface area (Å²) in [5.41, 5.74) is 3.77. The first-order valence-electron chi connectivity index (χ1n) is 6.97. The Labute approximate surface area is 125 Å². The van der Waals surface area contributed by atoms with Gasteiger partial charge in [-0.25, -0.2) is 0 Å². The summed E-state index contributed by atoms with van der Waals surface area (Å²) in [6.07, 6.45) is 0. The van der Waals surface area contributed by atoms with Crippen LogP contribution in [0.4, 0.5) is 0 Å². The van der Waals surface area contributed by atoms with Crippen LogP contribution in [0.3, 0.4) is 0 Å². The minimum absolute atomic E-state index is 0.577. The van der Waals surface area contributed by atoms with E-state index in [-0.39, 0.29) is 0 Å². The lowest BCUT2D eigenvalue weighted by molar-refractivity contribution is 0.684. The molecular weight excluding hydrogens is 266 g/mol. The smallest absolute Gasteiger partial charge is 0.103 e. The Morgan fingerprint density at radius 3 is 2.45 bits per heavy atom. The number of rotatable bonds is 5. The average molecular weight is 289 g/mol. The molecule has 20 heavy (non-hydrogen) atoms. The zero-order valence-electron chi connectivity index (χ0n) is 12.9. The van der Waals surface area contributed by atoms with Crippen molar-refractivity contribution in [3.63, 3.8) is 0 Å². The Bertz CT molecular complexity index is 570. The lowest BCUT2D eigenvalue weighted by atomic mass is 10.0. The number of hydrogen-bond acceptors (Lipinski definition) is 3. The second-order valence-electron chi connectivity index (χ2n) is 5.35. The van der Waals surface area contributed by atoms with E-state index >= 15 is 0 Å². The van der Waals surface area contributed by atoms with E-state index in [9.17, 15) is 0 Å². The molecule has 0 atom stereocenters. The Hall–Kier alpha value is -1.26. The molecule has 0 aliphatic rings. The molecule has 1 aromatic heterocycles. The monoisotopic (exact) mass is 289 g/mol. The van der Waals surface area contributed by atoms with E-state index in [0.29, 0.717) is 5.92 Å². The molecule has 1 aromatic carbocycles. The lowest BCUT2D eigenvalue weighted by Crippen LogP contribution is -2.06. The second-order valence-corrected chi connectivity index (χ2v) is 6.41. The van der Waals surface area contributed by atoms with Gasteiger partial charge in [0, 0.05) is 24.1 Å². The van der Waals surface area contributed by atoms with E-state index in [2.05, 4.69) is 55.5 Å². The van der Waals surface area contributed by atoms with E-state index in [4.69, 9.17) is 0 Å². The molecule has 0 amide bonds.